The summed E-state index contributed by atoms with van der Waals surface area (Å²) in [5.74, 6) is 1.15. The van der Waals surface area contributed by atoms with Crippen molar-refractivity contribution in [1.82, 2.24) is 5.32 Å². The van der Waals surface area contributed by atoms with Crippen molar-refractivity contribution < 1.29 is 17.6 Å². The zero-order valence-electron chi connectivity index (χ0n) is 11.3. The fourth-order valence-electron chi connectivity index (χ4n) is 1.96. The van der Waals surface area contributed by atoms with E-state index in [-0.39, 0.29) is 5.56 Å². The molecule has 2 aromatic rings. The molecule has 1 aromatic heterocycles. The lowest BCUT2D eigenvalue weighted by molar-refractivity contribution is -0.138. The Hall–Kier alpha value is -1.75. The Labute approximate surface area is 115 Å². The minimum absolute atomic E-state index is 0.209. The second kappa shape index (κ2) is 5.71. The van der Waals surface area contributed by atoms with Crippen LogP contribution in [0.15, 0.2) is 34.7 Å². The number of nitrogens with one attached hydrogen (secondary N) is 1. The van der Waals surface area contributed by atoms with Gasteiger partial charge in [-0.15, -0.1) is 0 Å². The third kappa shape index (κ3) is 3.22. The van der Waals surface area contributed by atoms with Crippen LogP contribution in [0.3, 0.4) is 0 Å². The monoisotopic (exact) mass is 283 g/mol. The first-order valence-corrected chi connectivity index (χ1v) is 6.39. The highest BCUT2D eigenvalue weighted by atomic mass is 19.4. The highest BCUT2D eigenvalue weighted by Crippen LogP contribution is 2.35. The third-order valence-corrected chi connectivity index (χ3v) is 3.04. The summed E-state index contributed by atoms with van der Waals surface area (Å²) in [7, 11) is 0. The first-order valence-electron chi connectivity index (χ1n) is 6.39. The Morgan fingerprint density at radius 3 is 2.55 bits per heavy atom. The summed E-state index contributed by atoms with van der Waals surface area (Å²) in [4.78, 5) is 0. The van der Waals surface area contributed by atoms with Gasteiger partial charge >= 0.3 is 6.18 Å². The first-order chi connectivity index (χ1) is 9.41. The molecule has 0 atom stereocenters. The van der Waals surface area contributed by atoms with E-state index in [1.807, 2.05) is 6.92 Å². The van der Waals surface area contributed by atoms with Crippen LogP contribution in [-0.4, -0.2) is 6.54 Å². The van der Waals surface area contributed by atoms with Gasteiger partial charge in [0.2, 0.25) is 0 Å². The van der Waals surface area contributed by atoms with E-state index < -0.39 is 11.7 Å². The molecule has 1 aromatic carbocycles. The number of benzene rings is 1. The summed E-state index contributed by atoms with van der Waals surface area (Å²) in [6, 6.07) is 7.69. The van der Waals surface area contributed by atoms with Crippen molar-refractivity contribution in [3.63, 3.8) is 0 Å². The van der Waals surface area contributed by atoms with Crippen molar-refractivity contribution in [2.45, 2.75) is 26.6 Å². The van der Waals surface area contributed by atoms with Gasteiger partial charge in [0.15, 0.2) is 0 Å². The van der Waals surface area contributed by atoms with Gasteiger partial charge in [-0.3, -0.25) is 0 Å². The van der Waals surface area contributed by atoms with Gasteiger partial charge in [0.25, 0.3) is 0 Å². The van der Waals surface area contributed by atoms with Crippen LogP contribution in [-0.2, 0) is 12.7 Å². The maximum atomic E-state index is 12.9. The molecule has 1 heterocycles. The number of aryl methyl sites for hydroxylation is 1. The molecule has 0 bridgehead atoms. The predicted octanol–water partition coefficient (Wildman–Crippen LogP) is 4.38. The van der Waals surface area contributed by atoms with E-state index in [1.165, 1.54) is 13.0 Å². The minimum atomic E-state index is -4.35. The quantitative estimate of drug-likeness (QED) is 0.900. The molecule has 0 aliphatic carbocycles. The summed E-state index contributed by atoms with van der Waals surface area (Å²) in [5, 5.41) is 3.10. The highest BCUT2D eigenvalue weighted by molar-refractivity contribution is 5.60. The predicted molar refractivity (Wildman–Crippen MR) is 71.3 cm³/mol. The second-order valence-corrected chi connectivity index (χ2v) is 4.57. The number of rotatable bonds is 4. The zero-order valence-corrected chi connectivity index (χ0v) is 11.3. The Morgan fingerprint density at radius 2 is 1.90 bits per heavy atom. The molecule has 0 fully saturated rings. The molecule has 0 radical (unpaired) electrons. The molecule has 0 aliphatic rings. The maximum absolute atomic E-state index is 12.9. The van der Waals surface area contributed by atoms with E-state index in [9.17, 15) is 13.2 Å². The Bertz CT molecular complexity index is 587. The van der Waals surface area contributed by atoms with Crippen LogP contribution < -0.4 is 5.32 Å². The Kier molecular flexibility index (Phi) is 4.18. The summed E-state index contributed by atoms with van der Waals surface area (Å²) in [5.41, 5.74) is 0.0194. The smallest absolute Gasteiger partial charge is 0.416 e. The fourth-order valence-corrected chi connectivity index (χ4v) is 1.96. The lowest BCUT2D eigenvalue weighted by Crippen LogP contribution is -2.10. The van der Waals surface area contributed by atoms with Crippen molar-refractivity contribution in [3.8, 4) is 11.3 Å². The van der Waals surface area contributed by atoms with Gasteiger partial charge in [0, 0.05) is 5.56 Å². The minimum Gasteiger partial charge on any atom is -0.460 e. The molecule has 108 valence electrons. The van der Waals surface area contributed by atoms with Crippen molar-refractivity contribution in [3.05, 3.63) is 47.2 Å². The summed E-state index contributed by atoms with van der Waals surface area (Å²) in [6.07, 6.45) is -4.35. The molecule has 2 rings (SSSR count). The molecule has 20 heavy (non-hydrogen) atoms. The summed E-state index contributed by atoms with van der Waals surface area (Å²) < 4.78 is 44.2. The van der Waals surface area contributed by atoms with E-state index in [0.29, 0.717) is 23.6 Å². The molecule has 2 nitrogen and oxygen atoms in total. The van der Waals surface area contributed by atoms with Gasteiger partial charge in [0.1, 0.15) is 11.5 Å². The second-order valence-electron chi connectivity index (χ2n) is 4.57. The number of hydrogen-bond acceptors (Lipinski definition) is 2. The van der Waals surface area contributed by atoms with Crippen LogP contribution in [0.1, 0.15) is 23.8 Å². The molecule has 1 N–H and O–H groups in total. The molecule has 0 saturated heterocycles. The average molecular weight is 283 g/mol. The number of alkyl halides is 3. The Morgan fingerprint density at radius 1 is 1.15 bits per heavy atom. The van der Waals surface area contributed by atoms with Gasteiger partial charge in [-0.25, -0.2) is 0 Å². The van der Waals surface area contributed by atoms with E-state index in [1.54, 1.807) is 18.2 Å². The number of hydrogen-bond donors (Lipinski definition) is 1. The highest BCUT2D eigenvalue weighted by Gasteiger charge is 2.32. The Balaban J connectivity index is 2.31. The van der Waals surface area contributed by atoms with E-state index >= 15 is 0 Å². The van der Waals surface area contributed by atoms with Gasteiger partial charge in [-0.2, -0.15) is 13.2 Å². The van der Waals surface area contributed by atoms with Gasteiger partial charge < -0.3 is 9.73 Å². The molecular formula is C15H16F3NO. The molecule has 0 unspecified atom stereocenters. The number of halogens is 3. The van der Waals surface area contributed by atoms with E-state index in [4.69, 9.17) is 4.42 Å². The lowest BCUT2D eigenvalue weighted by Gasteiger charge is -2.11. The van der Waals surface area contributed by atoms with Crippen LogP contribution in [0.4, 0.5) is 13.2 Å². The molecular weight excluding hydrogens is 267 g/mol. The van der Waals surface area contributed by atoms with Gasteiger partial charge in [0.05, 0.1) is 12.1 Å². The van der Waals surface area contributed by atoms with Crippen molar-refractivity contribution in [2.75, 3.05) is 6.54 Å². The van der Waals surface area contributed by atoms with Gasteiger partial charge in [-0.1, -0.05) is 19.1 Å². The van der Waals surface area contributed by atoms with Crippen LogP contribution in [0.25, 0.3) is 11.3 Å². The van der Waals surface area contributed by atoms with Gasteiger partial charge in [-0.05, 0) is 37.2 Å². The van der Waals surface area contributed by atoms with Crippen molar-refractivity contribution in [2.24, 2.45) is 0 Å². The molecule has 0 amide bonds. The summed E-state index contributed by atoms with van der Waals surface area (Å²) in [6.45, 7) is 4.79. The SMILES string of the molecule is CCNCc1ccc(-c2ccc(C)c(C(F)(F)F)c2)o1. The molecule has 0 aliphatic heterocycles. The van der Waals surface area contributed by atoms with Crippen molar-refractivity contribution in [1.29, 1.82) is 0 Å². The summed E-state index contributed by atoms with van der Waals surface area (Å²) >= 11 is 0. The lowest BCUT2D eigenvalue weighted by atomic mass is 10.0. The third-order valence-electron chi connectivity index (χ3n) is 3.04. The molecule has 0 saturated carbocycles. The van der Waals surface area contributed by atoms with Crippen molar-refractivity contribution >= 4 is 0 Å². The van der Waals surface area contributed by atoms with Crippen LogP contribution in [0.2, 0.25) is 0 Å². The van der Waals surface area contributed by atoms with E-state index in [2.05, 4.69) is 5.32 Å². The average Bonchev–Trinajstić information content (AvgIpc) is 2.84. The topological polar surface area (TPSA) is 25.2 Å². The van der Waals surface area contributed by atoms with Crippen LogP contribution in [0.5, 0.6) is 0 Å². The van der Waals surface area contributed by atoms with Crippen LogP contribution in [0, 0.1) is 6.92 Å². The molecule has 0 spiro atoms. The fraction of sp³-hybridized carbons (Fsp3) is 0.333. The largest absolute Gasteiger partial charge is 0.460 e. The van der Waals surface area contributed by atoms with E-state index in [0.717, 1.165) is 12.6 Å². The first kappa shape index (κ1) is 14.7. The standard InChI is InChI=1S/C15H16F3NO/c1-3-19-9-12-6-7-14(20-12)11-5-4-10(2)13(8-11)15(16,17)18/h4-8,19H,3,9H2,1-2H3. The number of furan rings is 1. The zero-order chi connectivity index (χ0) is 14.8. The normalized spacial score (nSPS) is 11.8. The maximum Gasteiger partial charge on any atom is 0.416 e. The van der Waals surface area contributed by atoms with Crippen LogP contribution >= 0.6 is 0 Å². The molecule has 5 heteroatoms.